The van der Waals surface area contributed by atoms with Gasteiger partial charge in [-0.05, 0) is 54.8 Å². The first-order valence-electron chi connectivity index (χ1n) is 11.1. The Bertz CT molecular complexity index is 1290. The molecule has 9 nitrogen and oxygen atoms in total. The molecule has 0 spiro atoms. The Balaban J connectivity index is 1.28. The van der Waals surface area contributed by atoms with Crippen molar-refractivity contribution in [2.24, 2.45) is 5.92 Å². The lowest BCUT2D eigenvalue weighted by molar-refractivity contribution is -0.130. The second-order valence-corrected chi connectivity index (χ2v) is 9.72. The molecule has 0 atom stereocenters. The fourth-order valence-corrected chi connectivity index (χ4v) is 4.65. The van der Waals surface area contributed by atoms with Crippen LogP contribution in [0.15, 0.2) is 84.0 Å². The number of nitrogens with one attached hydrogen (secondary N) is 2. The zero-order chi connectivity index (χ0) is 24.7. The van der Waals surface area contributed by atoms with Crippen molar-refractivity contribution in [3.8, 4) is 0 Å². The summed E-state index contributed by atoms with van der Waals surface area (Å²) in [6.07, 6.45) is 7.34. The van der Waals surface area contributed by atoms with Crippen molar-refractivity contribution >= 4 is 39.5 Å². The maximum atomic E-state index is 12.7. The quantitative estimate of drug-likeness (QED) is 0.490. The standard InChI is InChI=1S/C25H25N5O4S/c31-23(12-7-19-5-2-1-3-6-19)30-17-13-20(14-18-30)24(32)28-21-8-10-22(11-9-21)35(33,34)29-25-26-15-4-16-27-25/h1-12,15-16,20H,13-14,17-18H2,(H,28,32)(H,26,27,29). The first-order chi connectivity index (χ1) is 16.9. The van der Waals surface area contributed by atoms with Crippen molar-refractivity contribution < 1.29 is 18.0 Å². The van der Waals surface area contributed by atoms with E-state index in [0.717, 1.165) is 5.56 Å². The Labute approximate surface area is 204 Å². The summed E-state index contributed by atoms with van der Waals surface area (Å²) in [5, 5.41) is 2.83. The minimum atomic E-state index is -3.85. The molecule has 1 aromatic heterocycles. The van der Waals surface area contributed by atoms with Crippen LogP contribution in [0.3, 0.4) is 0 Å². The van der Waals surface area contributed by atoms with Crippen LogP contribution in [-0.4, -0.2) is 48.2 Å². The van der Waals surface area contributed by atoms with Crippen LogP contribution in [0, 0.1) is 5.92 Å². The predicted octanol–water partition coefficient (Wildman–Crippen LogP) is 3.17. The van der Waals surface area contributed by atoms with Gasteiger partial charge >= 0.3 is 0 Å². The Hall–Kier alpha value is -4.05. The molecular weight excluding hydrogens is 466 g/mol. The van der Waals surface area contributed by atoms with Gasteiger partial charge in [0.15, 0.2) is 0 Å². The lowest BCUT2D eigenvalue weighted by atomic mass is 9.95. The number of carbonyl (C=O) groups excluding carboxylic acids is 2. The lowest BCUT2D eigenvalue weighted by Crippen LogP contribution is -2.40. The molecule has 2 heterocycles. The predicted molar refractivity (Wildman–Crippen MR) is 133 cm³/mol. The summed E-state index contributed by atoms with van der Waals surface area (Å²) < 4.78 is 27.3. The number of nitrogens with zero attached hydrogens (tertiary/aromatic N) is 3. The number of hydrogen-bond acceptors (Lipinski definition) is 6. The molecule has 1 saturated heterocycles. The summed E-state index contributed by atoms with van der Waals surface area (Å²) in [7, 11) is -3.85. The van der Waals surface area contributed by atoms with Crippen LogP contribution in [0.4, 0.5) is 11.6 Å². The number of sulfonamides is 1. The van der Waals surface area contributed by atoms with E-state index in [-0.39, 0.29) is 28.6 Å². The first kappa shape index (κ1) is 24.1. The highest BCUT2D eigenvalue weighted by Crippen LogP contribution is 2.21. The molecule has 2 amide bonds. The molecule has 2 aromatic carbocycles. The third-order valence-electron chi connectivity index (χ3n) is 5.62. The van der Waals surface area contributed by atoms with Gasteiger partial charge in [0.2, 0.25) is 17.8 Å². The summed E-state index contributed by atoms with van der Waals surface area (Å²) in [6.45, 7) is 1.00. The second-order valence-electron chi connectivity index (χ2n) is 8.04. The number of piperidine rings is 1. The molecule has 4 rings (SSSR count). The van der Waals surface area contributed by atoms with Crippen LogP contribution in [0.25, 0.3) is 6.08 Å². The van der Waals surface area contributed by atoms with E-state index >= 15 is 0 Å². The molecular formula is C25H25N5O4S. The number of benzene rings is 2. The molecule has 0 aliphatic carbocycles. The maximum absolute atomic E-state index is 12.7. The number of hydrogen-bond donors (Lipinski definition) is 2. The van der Waals surface area contributed by atoms with Crippen molar-refractivity contribution in [2.45, 2.75) is 17.7 Å². The Kier molecular flexibility index (Phi) is 7.51. The molecule has 3 aromatic rings. The molecule has 0 saturated carbocycles. The average Bonchev–Trinajstić information content (AvgIpc) is 2.88. The van der Waals surface area contributed by atoms with Crippen molar-refractivity contribution in [2.75, 3.05) is 23.1 Å². The summed E-state index contributed by atoms with van der Waals surface area (Å²) in [5.74, 6) is -0.468. The van der Waals surface area contributed by atoms with Gasteiger partial charge < -0.3 is 10.2 Å². The van der Waals surface area contributed by atoms with Crippen LogP contribution in [0.1, 0.15) is 18.4 Å². The van der Waals surface area contributed by atoms with Gasteiger partial charge in [-0.3, -0.25) is 9.59 Å². The summed E-state index contributed by atoms with van der Waals surface area (Å²) in [5.41, 5.74) is 1.45. The molecule has 35 heavy (non-hydrogen) atoms. The van der Waals surface area contributed by atoms with Crippen molar-refractivity contribution in [3.63, 3.8) is 0 Å². The number of likely N-dealkylation sites (tertiary alicyclic amines) is 1. The molecule has 10 heteroatoms. The van der Waals surface area contributed by atoms with Crippen LogP contribution in [-0.2, 0) is 19.6 Å². The molecule has 2 N–H and O–H groups in total. The average molecular weight is 492 g/mol. The summed E-state index contributed by atoms with van der Waals surface area (Å²) in [4.78, 5) is 34.6. The largest absolute Gasteiger partial charge is 0.339 e. The third-order valence-corrected chi connectivity index (χ3v) is 6.96. The molecule has 1 aliphatic rings. The Morgan fingerprint density at radius 3 is 2.23 bits per heavy atom. The van der Waals surface area contributed by atoms with Gasteiger partial charge in [-0.25, -0.2) is 23.1 Å². The van der Waals surface area contributed by atoms with Crippen LogP contribution in [0.2, 0.25) is 0 Å². The van der Waals surface area contributed by atoms with Gasteiger partial charge in [-0.1, -0.05) is 30.3 Å². The number of rotatable bonds is 7. The molecule has 0 radical (unpaired) electrons. The van der Waals surface area contributed by atoms with Crippen molar-refractivity contribution in [1.82, 2.24) is 14.9 Å². The fourth-order valence-electron chi connectivity index (χ4n) is 3.69. The normalized spacial score (nSPS) is 14.6. The third kappa shape index (κ3) is 6.51. The van der Waals surface area contributed by atoms with Crippen molar-refractivity contribution in [3.05, 3.63) is 84.7 Å². The highest BCUT2D eigenvalue weighted by Gasteiger charge is 2.26. The topological polar surface area (TPSA) is 121 Å². The summed E-state index contributed by atoms with van der Waals surface area (Å²) >= 11 is 0. The van der Waals surface area contributed by atoms with E-state index < -0.39 is 10.0 Å². The van der Waals surface area contributed by atoms with Gasteiger partial charge in [0.1, 0.15) is 0 Å². The minimum absolute atomic E-state index is 0.0229. The first-order valence-corrected chi connectivity index (χ1v) is 12.6. The van der Waals surface area contributed by atoms with Crippen LogP contribution < -0.4 is 10.0 Å². The van der Waals surface area contributed by atoms with E-state index in [1.807, 2.05) is 30.3 Å². The second kappa shape index (κ2) is 10.9. The van der Waals surface area contributed by atoms with Crippen LogP contribution in [0.5, 0.6) is 0 Å². The van der Waals surface area contributed by atoms with Gasteiger partial charge in [-0.15, -0.1) is 0 Å². The number of aromatic nitrogens is 2. The molecule has 1 fully saturated rings. The molecule has 0 bridgehead atoms. The highest BCUT2D eigenvalue weighted by molar-refractivity contribution is 7.92. The van der Waals surface area contributed by atoms with Gasteiger partial charge in [0.05, 0.1) is 4.90 Å². The fraction of sp³-hybridized carbons (Fsp3) is 0.200. The van der Waals surface area contributed by atoms with E-state index in [9.17, 15) is 18.0 Å². The number of amides is 2. The van der Waals surface area contributed by atoms with Crippen LogP contribution >= 0.6 is 0 Å². The SMILES string of the molecule is O=C(Nc1ccc(S(=O)(=O)Nc2ncccn2)cc1)C1CCN(C(=O)C=Cc2ccccc2)CC1. The molecule has 0 unspecified atom stereocenters. The van der Waals surface area contributed by atoms with E-state index in [1.54, 1.807) is 23.1 Å². The zero-order valence-corrected chi connectivity index (χ0v) is 19.7. The zero-order valence-electron chi connectivity index (χ0n) is 18.9. The number of anilines is 2. The number of carbonyl (C=O) groups is 2. The molecule has 1 aliphatic heterocycles. The van der Waals surface area contributed by atoms with E-state index in [2.05, 4.69) is 20.0 Å². The summed E-state index contributed by atoms with van der Waals surface area (Å²) in [6, 6.07) is 17.1. The highest BCUT2D eigenvalue weighted by atomic mass is 32.2. The smallest absolute Gasteiger partial charge is 0.264 e. The van der Waals surface area contributed by atoms with Gasteiger partial charge in [0.25, 0.3) is 10.0 Å². The maximum Gasteiger partial charge on any atom is 0.264 e. The van der Waals surface area contributed by atoms with E-state index in [0.29, 0.717) is 31.6 Å². The van der Waals surface area contributed by atoms with Crippen molar-refractivity contribution in [1.29, 1.82) is 0 Å². The van der Waals surface area contributed by atoms with Gasteiger partial charge in [0, 0.05) is 43.2 Å². The van der Waals surface area contributed by atoms with Gasteiger partial charge in [-0.2, -0.15) is 0 Å². The molecule has 180 valence electrons. The van der Waals surface area contributed by atoms with E-state index in [1.165, 1.54) is 36.7 Å². The Morgan fingerprint density at radius 1 is 0.914 bits per heavy atom. The van der Waals surface area contributed by atoms with E-state index in [4.69, 9.17) is 0 Å². The lowest BCUT2D eigenvalue weighted by Gasteiger charge is -2.30. The Morgan fingerprint density at radius 2 is 1.57 bits per heavy atom. The monoisotopic (exact) mass is 491 g/mol. The minimum Gasteiger partial charge on any atom is -0.339 e.